The smallest absolute Gasteiger partial charge is 0.309 e. The van der Waals surface area contributed by atoms with Crippen LogP contribution in [0.25, 0.3) is 0 Å². The van der Waals surface area contributed by atoms with Crippen molar-refractivity contribution in [1.82, 2.24) is 0 Å². The first kappa shape index (κ1) is 72.2. The molecule has 0 aliphatic heterocycles. The zero-order valence-electron chi connectivity index (χ0n) is 49.3. The molecular formula is C72H108O6. The fourth-order valence-corrected chi connectivity index (χ4v) is 7.37. The third-order valence-corrected chi connectivity index (χ3v) is 11.8. The fraction of sp³-hybridized carbons (Fsp3) is 0.514. The van der Waals surface area contributed by atoms with Gasteiger partial charge < -0.3 is 14.2 Å². The Bertz CT molecular complexity index is 1900. The van der Waals surface area contributed by atoms with Gasteiger partial charge in [0, 0.05) is 12.8 Å². The molecular weight excluding hydrogens is 961 g/mol. The van der Waals surface area contributed by atoms with Crippen molar-refractivity contribution < 1.29 is 28.6 Å². The molecule has 78 heavy (non-hydrogen) atoms. The van der Waals surface area contributed by atoms with Crippen LogP contribution in [0.15, 0.2) is 194 Å². The maximum absolute atomic E-state index is 12.9. The summed E-state index contributed by atoms with van der Waals surface area (Å²) in [5.41, 5.74) is 0. The van der Waals surface area contributed by atoms with Crippen molar-refractivity contribution in [1.29, 1.82) is 0 Å². The minimum Gasteiger partial charge on any atom is -0.462 e. The summed E-state index contributed by atoms with van der Waals surface area (Å²) in [6, 6.07) is 0. The van der Waals surface area contributed by atoms with Gasteiger partial charge in [-0.1, -0.05) is 254 Å². The number of rotatable bonds is 52. The van der Waals surface area contributed by atoms with Gasteiger partial charge in [-0.25, -0.2) is 0 Å². The van der Waals surface area contributed by atoms with Crippen LogP contribution >= 0.6 is 0 Å². The van der Waals surface area contributed by atoms with E-state index in [4.69, 9.17) is 14.2 Å². The van der Waals surface area contributed by atoms with Crippen molar-refractivity contribution in [2.24, 2.45) is 0 Å². The monoisotopic (exact) mass is 1070 g/mol. The average Bonchev–Trinajstić information content (AvgIpc) is 3.44. The van der Waals surface area contributed by atoms with E-state index in [0.717, 1.165) is 135 Å². The van der Waals surface area contributed by atoms with Gasteiger partial charge in [-0.05, 0) is 141 Å². The molecule has 0 spiro atoms. The first-order chi connectivity index (χ1) is 38.5. The molecule has 0 aromatic carbocycles. The lowest BCUT2D eigenvalue weighted by molar-refractivity contribution is -0.166. The van der Waals surface area contributed by atoms with Gasteiger partial charge in [-0.15, -0.1) is 0 Å². The van der Waals surface area contributed by atoms with E-state index in [-0.39, 0.29) is 44.4 Å². The molecule has 0 amide bonds. The summed E-state index contributed by atoms with van der Waals surface area (Å²) in [7, 11) is 0. The molecule has 0 N–H and O–H groups in total. The second-order valence-electron chi connectivity index (χ2n) is 19.2. The highest BCUT2D eigenvalue weighted by Crippen LogP contribution is 2.11. The Morgan fingerprint density at radius 1 is 0.282 bits per heavy atom. The second-order valence-corrected chi connectivity index (χ2v) is 19.2. The normalized spacial score (nSPS) is 13.5. The first-order valence-corrected chi connectivity index (χ1v) is 30.4. The average molecular weight is 1070 g/mol. The molecule has 432 valence electrons. The zero-order valence-corrected chi connectivity index (χ0v) is 49.3. The van der Waals surface area contributed by atoms with Crippen LogP contribution in [0.2, 0.25) is 0 Å². The second kappa shape index (κ2) is 63.8. The maximum Gasteiger partial charge on any atom is 0.309 e. The van der Waals surface area contributed by atoms with Crippen LogP contribution in [0, 0.1) is 0 Å². The van der Waals surface area contributed by atoms with E-state index in [0.29, 0.717) is 12.8 Å². The molecule has 0 heterocycles. The Labute approximate surface area is 477 Å². The van der Waals surface area contributed by atoms with Crippen LogP contribution < -0.4 is 0 Å². The summed E-state index contributed by atoms with van der Waals surface area (Å²) in [6.45, 7) is 6.22. The van der Waals surface area contributed by atoms with Gasteiger partial charge >= 0.3 is 17.9 Å². The van der Waals surface area contributed by atoms with E-state index in [2.05, 4.69) is 203 Å². The molecule has 0 aliphatic carbocycles. The van der Waals surface area contributed by atoms with Crippen LogP contribution in [0.3, 0.4) is 0 Å². The lowest BCUT2D eigenvalue weighted by atomic mass is 10.1. The quantitative estimate of drug-likeness (QED) is 0.0261. The SMILES string of the molecule is CC/C=C\C/C=C\C/C=C\C/C=C\C/C=C\C/C=C\C/C=C\C/C=C\C/C=C\CCCC(=O)OCC(COC(=O)C/C=C\C/C=C\C/C=C\C/C=C\C/C=C\CC)OC(=O)CCCCCCC/C=C\C/C=C\CCCCCC. The number of carbonyl (C=O) groups is 3. The fourth-order valence-electron chi connectivity index (χ4n) is 7.37. The van der Waals surface area contributed by atoms with Crippen molar-refractivity contribution in [3.05, 3.63) is 194 Å². The number of hydrogen-bond donors (Lipinski definition) is 0. The van der Waals surface area contributed by atoms with Gasteiger partial charge in [0.25, 0.3) is 0 Å². The summed E-state index contributed by atoms with van der Waals surface area (Å²) < 4.78 is 16.7. The highest BCUT2D eigenvalue weighted by molar-refractivity contribution is 5.72. The molecule has 6 heteroatoms. The van der Waals surface area contributed by atoms with E-state index in [9.17, 15) is 14.4 Å². The molecule has 0 aromatic rings. The van der Waals surface area contributed by atoms with Crippen molar-refractivity contribution in [3.8, 4) is 0 Å². The molecule has 0 saturated carbocycles. The molecule has 6 nitrogen and oxygen atoms in total. The van der Waals surface area contributed by atoms with Crippen LogP contribution in [0.5, 0.6) is 0 Å². The van der Waals surface area contributed by atoms with Crippen molar-refractivity contribution in [2.45, 2.75) is 226 Å². The van der Waals surface area contributed by atoms with E-state index in [1.54, 1.807) is 6.08 Å². The lowest BCUT2D eigenvalue weighted by Crippen LogP contribution is -2.30. The van der Waals surface area contributed by atoms with Gasteiger partial charge in [0.2, 0.25) is 0 Å². The predicted molar refractivity (Wildman–Crippen MR) is 338 cm³/mol. The van der Waals surface area contributed by atoms with Crippen LogP contribution in [0.4, 0.5) is 0 Å². The molecule has 1 unspecified atom stereocenters. The number of ether oxygens (including phenoxy) is 3. The molecule has 0 radical (unpaired) electrons. The standard InChI is InChI=1S/C72H108O6/c1-4-7-10-13-16-19-22-25-28-30-31-32-33-34-35-36-37-38-39-40-41-42-45-47-50-53-56-59-62-65-71(74)77-68-69(67-76-70(73)64-61-58-55-52-49-46-43-27-24-21-18-15-12-9-6-3)78-72(75)66-63-60-57-54-51-48-44-29-26-23-20-17-14-11-8-5-2/h7,9-10,12,16,18-21,23,25,27-29,31-32,34-35,37-38,40-41,43-45,47,49,52-53,56,58,61,69H,4-6,8,11,13-15,17,22,24,26,30,33,36,39,42,46,48,50-51,54-55,57,59-60,62-68H2,1-3H3/b10-7-,12-9-,19-16-,21-18-,23-20-,28-25-,32-31-,35-34-,38-37-,41-40-,43-27-,44-29-,47-45-,52-49-,56-53-,61-58-. The Kier molecular flexibility index (Phi) is 59.1. The highest BCUT2D eigenvalue weighted by atomic mass is 16.6. The molecule has 0 aromatic heterocycles. The maximum atomic E-state index is 12.9. The van der Waals surface area contributed by atoms with Gasteiger partial charge in [-0.3, -0.25) is 14.4 Å². The minimum absolute atomic E-state index is 0.103. The summed E-state index contributed by atoms with van der Waals surface area (Å²) in [4.78, 5) is 38.1. The molecule has 0 bridgehead atoms. The molecule has 1 atom stereocenters. The lowest BCUT2D eigenvalue weighted by Gasteiger charge is -2.18. The number of hydrogen-bond acceptors (Lipinski definition) is 6. The molecule has 0 saturated heterocycles. The van der Waals surface area contributed by atoms with Gasteiger partial charge in [0.1, 0.15) is 13.2 Å². The molecule has 0 rings (SSSR count). The predicted octanol–water partition coefficient (Wildman–Crippen LogP) is 21.0. The number of unbranched alkanes of at least 4 members (excludes halogenated alkanes) is 10. The molecule has 0 aliphatic rings. The van der Waals surface area contributed by atoms with Crippen molar-refractivity contribution in [3.63, 3.8) is 0 Å². The van der Waals surface area contributed by atoms with E-state index >= 15 is 0 Å². The largest absolute Gasteiger partial charge is 0.462 e. The van der Waals surface area contributed by atoms with Gasteiger partial charge in [0.15, 0.2) is 6.10 Å². The van der Waals surface area contributed by atoms with Crippen LogP contribution in [-0.2, 0) is 28.6 Å². The number of allylic oxidation sites excluding steroid dienone is 31. The number of carbonyl (C=O) groups excluding carboxylic acids is 3. The zero-order chi connectivity index (χ0) is 56.4. The highest BCUT2D eigenvalue weighted by Gasteiger charge is 2.19. The third-order valence-electron chi connectivity index (χ3n) is 11.8. The number of esters is 3. The molecule has 0 fully saturated rings. The minimum atomic E-state index is -0.861. The van der Waals surface area contributed by atoms with Gasteiger partial charge in [-0.2, -0.15) is 0 Å². The van der Waals surface area contributed by atoms with Gasteiger partial charge in [0.05, 0.1) is 6.42 Å². The van der Waals surface area contributed by atoms with Crippen LogP contribution in [0.1, 0.15) is 220 Å². The summed E-state index contributed by atoms with van der Waals surface area (Å²) in [6.07, 6.45) is 97.4. The van der Waals surface area contributed by atoms with Crippen molar-refractivity contribution >= 4 is 17.9 Å². The summed E-state index contributed by atoms with van der Waals surface area (Å²) in [5.74, 6) is -1.17. The Balaban J connectivity index is 4.58. The summed E-state index contributed by atoms with van der Waals surface area (Å²) >= 11 is 0. The van der Waals surface area contributed by atoms with E-state index < -0.39 is 12.1 Å². The third kappa shape index (κ3) is 61.1. The van der Waals surface area contributed by atoms with E-state index in [1.165, 1.54) is 32.1 Å². The van der Waals surface area contributed by atoms with Crippen LogP contribution in [-0.4, -0.2) is 37.2 Å². The Morgan fingerprint density at radius 3 is 0.936 bits per heavy atom. The first-order valence-electron chi connectivity index (χ1n) is 30.4. The Hall–Kier alpha value is -5.75. The van der Waals surface area contributed by atoms with E-state index in [1.807, 2.05) is 6.08 Å². The Morgan fingerprint density at radius 2 is 0.564 bits per heavy atom. The summed E-state index contributed by atoms with van der Waals surface area (Å²) in [5, 5.41) is 0. The topological polar surface area (TPSA) is 78.9 Å². The van der Waals surface area contributed by atoms with Crippen molar-refractivity contribution in [2.75, 3.05) is 13.2 Å².